The van der Waals surface area contributed by atoms with Crippen LogP contribution in [0.3, 0.4) is 0 Å². The number of nitrogens with two attached hydrogens (primary N) is 1. The highest BCUT2D eigenvalue weighted by atomic mass is 35.5. The maximum absolute atomic E-state index is 11.1. The van der Waals surface area contributed by atoms with Crippen LogP contribution in [0.2, 0.25) is 10.0 Å². The number of hydrazine groups is 1. The predicted octanol–water partition coefficient (Wildman–Crippen LogP) is 2.85. The van der Waals surface area contributed by atoms with Crippen molar-refractivity contribution in [2.75, 3.05) is 19.6 Å². The van der Waals surface area contributed by atoms with Crippen LogP contribution >= 0.6 is 23.2 Å². The molecule has 0 aromatic heterocycles. The summed E-state index contributed by atoms with van der Waals surface area (Å²) in [5, 5.41) is 1.21. The van der Waals surface area contributed by atoms with Crippen molar-refractivity contribution in [2.24, 2.45) is 5.84 Å². The van der Waals surface area contributed by atoms with Crippen LogP contribution in [0.5, 0.6) is 0 Å². The van der Waals surface area contributed by atoms with Crippen molar-refractivity contribution in [2.45, 2.75) is 19.3 Å². The number of halogens is 2. The Balaban J connectivity index is 1.90. The second-order valence-corrected chi connectivity index (χ2v) is 5.84. The number of carbonyl (C=O) groups is 1. The molecule has 0 radical (unpaired) electrons. The van der Waals surface area contributed by atoms with Crippen molar-refractivity contribution < 1.29 is 4.79 Å². The summed E-state index contributed by atoms with van der Waals surface area (Å²) in [6.45, 7) is 2.71. The van der Waals surface area contributed by atoms with Crippen LogP contribution in [0.4, 0.5) is 0 Å². The number of hydrogen-bond acceptors (Lipinski definition) is 3. The molecular formula is C15H19Cl2N3O. The van der Waals surface area contributed by atoms with Gasteiger partial charge in [-0.2, -0.15) is 0 Å². The molecule has 1 aromatic rings. The molecule has 0 fully saturated rings. The second kappa shape index (κ2) is 7.80. The minimum atomic E-state index is -0.117. The highest BCUT2D eigenvalue weighted by Crippen LogP contribution is 2.33. The molecule has 1 amide bonds. The molecule has 2 rings (SSSR count). The van der Waals surface area contributed by atoms with Crippen LogP contribution in [0.15, 0.2) is 24.3 Å². The number of nitrogens with one attached hydrogen (secondary N) is 1. The minimum Gasteiger partial charge on any atom is -0.299 e. The lowest BCUT2D eigenvalue weighted by molar-refractivity contribution is -0.121. The van der Waals surface area contributed by atoms with Gasteiger partial charge in [-0.3, -0.25) is 15.1 Å². The fourth-order valence-corrected chi connectivity index (χ4v) is 2.87. The molecule has 0 saturated heterocycles. The van der Waals surface area contributed by atoms with Gasteiger partial charge in [0.05, 0.1) is 10.0 Å². The summed E-state index contributed by atoms with van der Waals surface area (Å²) in [4.78, 5) is 13.4. The Labute approximate surface area is 134 Å². The number of rotatable bonds is 5. The van der Waals surface area contributed by atoms with Gasteiger partial charge in [-0.15, -0.1) is 0 Å². The Morgan fingerprint density at radius 2 is 2.19 bits per heavy atom. The van der Waals surface area contributed by atoms with E-state index in [-0.39, 0.29) is 5.91 Å². The van der Waals surface area contributed by atoms with E-state index in [1.165, 1.54) is 5.57 Å². The molecule has 1 heterocycles. The first-order chi connectivity index (χ1) is 10.1. The Morgan fingerprint density at radius 3 is 2.86 bits per heavy atom. The third-order valence-corrected chi connectivity index (χ3v) is 4.45. The first-order valence-electron chi connectivity index (χ1n) is 6.97. The topological polar surface area (TPSA) is 58.4 Å². The smallest absolute Gasteiger partial charge is 0.233 e. The molecule has 6 heteroatoms. The van der Waals surface area contributed by atoms with E-state index >= 15 is 0 Å². The zero-order valence-electron chi connectivity index (χ0n) is 11.7. The van der Waals surface area contributed by atoms with Gasteiger partial charge in [-0.1, -0.05) is 41.4 Å². The minimum absolute atomic E-state index is 0.117. The Morgan fingerprint density at radius 1 is 1.38 bits per heavy atom. The number of benzene rings is 1. The normalized spacial score (nSPS) is 15.7. The van der Waals surface area contributed by atoms with Crippen LogP contribution in [0.25, 0.3) is 5.57 Å². The molecular weight excluding hydrogens is 309 g/mol. The second-order valence-electron chi connectivity index (χ2n) is 5.05. The molecule has 0 unspecified atom stereocenters. The third-order valence-electron chi connectivity index (χ3n) is 3.63. The molecule has 1 aromatic carbocycles. The lowest BCUT2D eigenvalue weighted by atomic mass is 9.99. The van der Waals surface area contributed by atoms with E-state index in [0.717, 1.165) is 38.0 Å². The van der Waals surface area contributed by atoms with Crippen LogP contribution in [0.1, 0.15) is 24.8 Å². The summed E-state index contributed by atoms with van der Waals surface area (Å²) in [5.41, 5.74) is 4.40. The van der Waals surface area contributed by atoms with Crippen molar-refractivity contribution in [3.63, 3.8) is 0 Å². The summed E-state index contributed by atoms with van der Waals surface area (Å²) in [6, 6.07) is 5.72. The maximum atomic E-state index is 11.1. The van der Waals surface area contributed by atoms with E-state index in [1.54, 1.807) is 6.07 Å². The molecule has 4 nitrogen and oxygen atoms in total. The molecule has 0 atom stereocenters. The van der Waals surface area contributed by atoms with E-state index in [4.69, 9.17) is 29.0 Å². The number of nitrogens with zero attached hydrogens (tertiary/aromatic N) is 1. The molecule has 0 spiro atoms. The number of hydrogen-bond donors (Lipinski definition) is 2. The predicted molar refractivity (Wildman–Crippen MR) is 87.1 cm³/mol. The van der Waals surface area contributed by atoms with Gasteiger partial charge in [-0.25, -0.2) is 5.84 Å². The van der Waals surface area contributed by atoms with E-state index in [1.807, 2.05) is 12.1 Å². The van der Waals surface area contributed by atoms with E-state index in [0.29, 0.717) is 16.5 Å². The molecule has 0 bridgehead atoms. The van der Waals surface area contributed by atoms with Crippen LogP contribution in [0, 0.1) is 0 Å². The van der Waals surface area contributed by atoms with Gasteiger partial charge in [0.2, 0.25) is 5.91 Å². The Kier molecular flexibility index (Phi) is 6.06. The average Bonchev–Trinajstić information content (AvgIpc) is 2.51. The fourth-order valence-electron chi connectivity index (χ4n) is 2.45. The van der Waals surface area contributed by atoms with Gasteiger partial charge >= 0.3 is 0 Å². The van der Waals surface area contributed by atoms with Gasteiger partial charge in [0.1, 0.15) is 0 Å². The van der Waals surface area contributed by atoms with Crippen LogP contribution in [-0.4, -0.2) is 30.4 Å². The molecule has 0 saturated carbocycles. The highest BCUT2D eigenvalue weighted by Gasteiger charge is 2.15. The van der Waals surface area contributed by atoms with Gasteiger partial charge in [0.15, 0.2) is 0 Å². The van der Waals surface area contributed by atoms with Gasteiger partial charge in [-0.05, 0) is 36.6 Å². The van der Waals surface area contributed by atoms with Gasteiger partial charge < -0.3 is 0 Å². The Hall–Kier alpha value is -1.07. The quantitative estimate of drug-likeness (QED) is 0.496. The summed E-state index contributed by atoms with van der Waals surface area (Å²) < 4.78 is 0. The lowest BCUT2D eigenvalue weighted by Crippen LogP contribution is -2.32. The first-order valence-corrected chi connectivity index (χ1v) is 7.72. The van der Waals surface area contributed by atoms with E-state index in [9.17, 15) is 4.79 Å². The first kappa shape index (κ1) is 16.3. The zero-order chi connectivity index (χ0) is 15.2. The third kappa shape index (κ3) is 4.45. The van der Waals surface area contributed by atoms with E-state index in [2.05, 4.69) is 16.4 Å². The monoisotopic (exact) mass is 327 g/mol. The summed E-state index contributed by atoms with van der Waals surface area (Å²) in [7, 11) is 0. The Bertz CT molecular complexity index is 546. The standard InChI is InChI=1S/C15H19Cl2N3O/c16-13-4-1-3-12(15(13)17)11-6-9-20(10-7-11)8-2-5-14(21)19-18/h1,3-4,6H,2,5,7-10,18H2,(H,19,21). The SMILES string of the molecule is NNC(=O)CCCN1CC=C(c2cccc(Cl)c2Cl)CC1. The molecule has 1 aliphatic rings. The summed E-state index contributed by atoms with van der Waals surface area (Å²) >= 11 is 12.3. The average molecular weight is 328 g/mol. The maximum Gasteiger partial charge on any atom is 0.233 e. The largest absolute Gasteiger partial charge is 0.299 e. The van der Waals surface area contributed by atoms with Crippen LogP contribution in [-0.2, 0) is 4.79 Å². The van der Waals surface area contributed by atoms with Crippen molar-refractivity contribution in [1.82, 2.24) is 10.3 Å². The molecule has 21 heavy (non-hydrogen) atoms. The molecule has 0 aliphatic carbocycles. The fraction of sp³-hybridized carbons (Fsp3) is 0.400. The summed E-state index contributed by atoms with van der Waals surface area (Å²) in [5.74, 6) is 4.94. The molecule has 3 N–H and O–H groups in total. The van der Waals surface area contributed by atoms with Crippen molar-refractivity contribution in [1.29, 1.82) is 0 Å². The summed E-state index contributed by atoms with van der Waals surface area (Å²) in [6.07, 6.45) is 4.39. The number of amides is 1. The molecule has 1 aliphatic heterocycles. The lowest BCUT2D eigenvalue weighted by Gasteiger charge is -2.26. The van der Waals surface area contributed by atoms with Crippen molar-refractivity contribution in [3.8, 4) is 0 Å². The van der Waals surface area contributed by atoms with Crippen LogP contribution < -0.4 is 11.3 Å². The zero-order valence-corrected chi connectivity index (χ0v) is 13.3. The number of carbonyl (C=O) groups excluding carboxylic acids is 1. The van der Waals surface area contributed by atoms with Crippen molar-refractivity contribution in [3.05, 3.63) is 39.9 Å². The molecule has 114 valence electrons. The van der Waals surface area contributed by atoms with Gasteiger partial charge in [0, 0.05) is 19.5 Å². The van der Waals surface area contributed by atoms with Gasteiger partial charge in [0.25, 0.3) is 0 Å². The highest BCUT2D eigenvalue weighted by molar-refractivity contribution is 6.43. The van der Waals surface area contributed by atoms with Crippen molar-refractivity contribution >= 4 is 34.7 Å². The van der Waals surface area contributed by atoms with E-state index < -0.39 is 0 Å².